The molecule has 0 spiro atoms. The molecule has 1 aliphatic rings. The van der Waals surface area contributed by atoms with Crippen LogP contribution in [-0.2, 0) is 4.74 Å². The third-order valence-corrected chi connectivity index (χ3v) is 4.31. The standard InChI is InChI=1S/C17H28N2O/c1-12-8-13(2)17(14(3)9-12)15(4)19-6-7-20-16(11-19)10-18-5/h8-9,15-16,18H,6-7,10-11H2,1-5H3. The van der Waals surface area contributed by atoms with Gasteiger partial charge in [0, 0.05) is 25.7 Å². The van der Waals surface area contributed by atoms with Gasteiger partial charge in [-0.2, -0.15) is 0 Å². The van der Waals surface area contributed by atoms with Crippen molar-refractivity contribution in [2.75, 3.05) is 33.3 Å². The van der Waals surface area contributed by atoms with Gasteiger partial charge in [0.1, 0.15) is 0 Å². The highest BCUT2D eigenvalue weighted by atomic mass is 16.5. The third kappa shape index (κ3) is 3.40. The van der Waals surface area contributed by atoms with E-state index in [2.05, 4.69) is 50.0 Å². The van der Waals surface area contributed by atoms with Gasteiger partial charge in [0.05, 0.1) is 12.7 Å². The number of aryl methyl sites for hydroxylation is 3. The lowest BCUT2D eigenvalue weighted by Crippen LogP contribution is -2.47. The molecule has 1 aromatic carbocycles. The second-order valence-corrected chi connectivity index (χ2v) is 6.03. The van der Waals surface area contributed by atoms with Crippen molar-refractivity contribution in [2.45, 2.75) is 39.8 Å². The predicted molar refractivity (Wildman–Crippen MR) is 84.3 cm³/mol. The Hall–Kier alpha value is -0.900. The fourth-order valence-corrected chi connectivity index (χ4v) is 3.48. The first kappa shape index (κ1) is 15.5. The van der Waals surface area contributed by atoms with E-state index in [9.17, 15) is 0 Å². The summed E-state index contributed by atoms with van der Waals surface area (Å²) in [7, 11) is 1.99. The van der Waals surface area contributed by atoms with Gasteiger partial charge in [0.25, 0.3) is 0 Å². The van der Waals surface area contributed by atoms with Gasteiger partial charge in [-0.1, -0.05) is 17.7 Å². The average Bonchev–Trinajstić information content (AvgIpc) is 2.38. The minimum Gasteiger partial charge on any atom is -0.374 e. The Morgan fingerprint density at radius 2 is 1.95 bits per heavy atom. The van der Waals surface area contributed by atoms with Gasteiger partial charge in [-0.05, 0) is 51.4 Å². The maximum Gasteiger partial charge on any atom is 0.0826 e. The molecule has 2 unspecified atom stereocenters. The van der Waals surface area contributed by atoms with Crippen LogP contribution in [0.15, 0.2) is 12.1 Å². The largest absolute Gasteiger partial charge is 0.374 e. The summed E-state index contributed by atoms with van der Waals surface area (Å²) in [6, 6.07) is 5.05. The van der Waals surface area contributed by atoms with E-state index in [1.807, 2.05) is 7.05 Å². The maximum atomic E-state index is 5.81. The molecule has 1 aromatic rings. The van der Waals surface area contributed by atoms with E-state index in [1.165, 1.54) is 22.3 Å². The van der Waals surface area contributed by atoms with E-state index in [4.69, 9.17) is 4.74 Å². The average molecular weight is 276 g/mol. The Balaban J connectivity index is 2.16. The number of hydrogen-bond donors (Lipinski definition) is 1. The molecule has 0 aromatic heterocycles. The maximum absolute atomic E-state index is 5.81. The van der Waals surface area contributed by atoms with Gasteiger partial charge in [0.15, 0.2) is 0 Å². The summed E-state index contributed by atoms with van der Waals surface area (Å²) >= 11 is 0. The Morgan fingerprint density at radius 3 is 2.55 bits per heavy atom. The van der Waals surface area contributed by atoms with E-state index >= 15 is 0 Å². The zero-order chi connectivity index (χ0) is 14.7. The molecule has 2 rings (SSSR count). The molecule has 20 heavy (non-hydrogen) atoms. The van der Waals surface area contributed by atoms with Crippen LogP contribution in [0.5, 0.6) is 0 Å². The van der Waals surface area contributed by atoms with Gasteiger partial charge < -0.3 is 10.1 Å². The molecule has 0 bridgehead atoms. The highest BCUT2D eigenvalue weighted by Gasteiger charge is 2.26. The summed E-state index contributed by atoms with van der Waals surface area (Å²) in [4.78, 5) is 2.55. The van der Waals surface area contributed by atoms with Crippen LogP contribution in [-0.4, -0.2) is 44.3 Å². The zero-order valence-corrected chi connectivity index (χ0v) is 13.5. The van der Waals surface area contributed by atoms with Gasteiger partial charge in [-0.15, -0.1) is 0 Å². The third-order valence-electron chi connectivity index (χ3n) is 4.31. The van der Waals surface area contributed by atoms with Gasteiger partial charge in [-0.25, -0.2) is 0 Å². The number of hydrogen-bond acceptors (Lipinski definition) is 3. The molecule has 0 saturated carbocycles. The van der Waals surface area contributed by atoms with Gasteiger partial charge >= 0.3 is 0 Å². The van der Waals surface area contributed by atoms with Crippen LogP contribution >= 0.6 is 0 Å². The molecule has 1 aliphatic heterocycles. The van der Waals surface area contributed by atoms with Crippen LogP contribution < -0.4 is 5.32 Å². The number of rotatable bonds is 4. The van der Waals surface area contributed by atoms with Crippen molar-refractivity contribution in [1.82, 2.24) is 10.2 Å². The number of nitrogens with zero attached hydrogens (tertiary/aromatic N) is 1. The minimum absolute atomic E-state index is 0.308. The second kappa shape index (κ2) is 6.70. The summed E-state index contributed by atoms with van der Waals surface area (Å²) < 4.78 is 5.81. The van der Waals surface area contributed by atoms with Crippen molar-refractivity contribution in [1.29, 1.82) is 0 Å². The van der Waals surface area contributed by atoms with Crippen LogP contribution in [0.25, 0.3) is 0 Å². The van der Waals surface area contributed by atoms with Crippen molar-refractivity contribution < 1.29 is 4.74 Å². The van der Waals surface area contributed by atoms with Crippen LogP contribution in [0.2, 0.25) is 0 Å². The molecular formula is C17H28N2O. The molecule has 1 fully saturated rings. The smallest absolute Gasteiger partial charge is 0.0826 e. The molecule has 2 atom stereocenters. The van der Waals surface area contributed by atoms with E-state index in [0.29, 0.717) is 12.1 Å². The summed E-state index contributed by atoms with van der Waals surface area (Å²) in [5.74, 6) is 0. The Kier molecular flexibility index (Phi) is 5.19. The van der Waals surface area contributed by atoms with Crippen LogP contribution in [0.1, 0.15) is 35.2 Å². The molecule has 1 saturated heterocycles. The molecule has 1 heterocycles. The summed E-state index contributed by atoms with van der Waals surface area (Å²) in [5, 5.41) is 3.22. The molecule has 0 amide bonds. The SMILES string of the molecule is CNCC1CN(C(C)c2c(C)cc(C)cc2C)CCO1. The molecular weight excluding hydrogens is 248 g/mol. The fourth-order valence-electron chi connectivity index (χ4n) is 3.48. The second-order valence-electron chi connectivity index (χ2n) is 6.03. The predicted octanol–water partition coefficient (Wildman–Crippen LogP) is 2.59. The van der Waals surface area contributed by atoms with E-state index < -0.39 is 0 Å². The number of nitrogens with one attached hydrogen (secondary N) is 1. The van der Waals surface area contributed by atoms with E-state index in [-0.39, 0.29) is 0 Å². The van der Waals surface area contributed by atoms with E-state index in [0.717, 1.165) is 26.2 Å². The number of likely N-dealkylation sites (N-methyl/N-ethyl adjacent to an activating group) is 1. The summed E-state index contributed by atoms with van der Waals surface area (Å²) in [5.41, 5.74) is 5.66. The Labute approximate surface area is 123 Å². The Bertz CT molecular complexity index is 433. The molecule has 112 valence electrons. The molecule has 1 N–H and O–H groups in total. The van der Waals surface area contributed by atoms with Crippen molar-refractivity contribution in [3.63, 3.8) is 0 Å². The highest BCUT2D eigenvalue weighted by molar-refractivity contribution is 5.39. The lowest BCUT2D eigenvalue weighted by molar-refractivity contribution is -0.0394. The fraction of sp³-hybridized carbons (Fsp3) is 0.647. The van der Waals surface area contributed by atoms with Crippen LogP contribution in [0.4, 0.5) is 0 Å². The van der Waals surface area contributed by atoms with Gasteiger partial charge in [0.2, 0.25) is 0 Å². The minimum atomic E-state index is 0.308. The first-order valence-electron chi connectivity index (χ1n) is 7.61. The topological polar surface area (TPSA) is 24.5 Å². The lowest BCUT2D eigenvalue weighted by Gasteiger charge is -2.38. The molecule has 3 nitrogen and oxygen atoms in total. The lowest BCUT2D eigenvalue weighted by atomic mass is 9.93. The van der Waals surface area contributed by atoms with Crippen molar-refractivity contribution in [3.05, 3.63) is 34.4 Å². The molecule has 3 heteroatoms. The highest BCUT2D eigenvalue weighted by Crippen LogP contribution is 2.29. The number of ether oxygens (including phenoxy) is 1. The molecule has 0 aliphatic carbocycles. The summed E-state index contributed by atoms with van der Waals surface area (Å²) in [6.07, 6.45) is 0.308. The zero-order valence-electron chi connectivity index (χ0n) is 13.5. The quantitative estimate of drug-likeness (QED) is 0.915. The van der Waals surface area contributed by atoms with Crippen molar-refractivity contribution >= 4 is 0 Å². The normalized spacial score (nSPS) is 21.9. The summed E-state index contributed by atoms with van der Waals surface area (Å²) in [6.45, 7) is 12.8. The van der Waals surface area contributed by atoms with Crippen LogP contribution in [0.3, 0.4) is 0 Å². The van der Waals surface area contributed by atoms with Crippen molar-refractivity contribution in [3.8, 4) is 0 Å². The number of benzene rings is 1. The van der Waals surface area contributed by atoms with E-state index in [1.54, 1.807) is 0 Å². The first-order chi connectivity index (χ1) is 9.52. The monoisotopic (exact) mass is 276 g/mol. The molecule has 0 radical (unpaired) electrons. The van der Waals surface area contributed by atoms with Crippen molar-refractivity contribution in [2.24, 2.45) is 0 Å². The number of morpholine rings is 1. The van der Waals surface area contributed by atoms with Gasteiger partial charge in [-0.3, -0.25) is 4.90 Å². The Morgan fingerprint density at radius 1 is 1.30 bits per heavy atom. The first-order valence-corrected chi connectivity index (χ1v) is 7.61. The van der Waals surface area contributed by atoms with Crippen LogP contribution in [0, 0.1) is 20.8 Å².